The van der Waals surface area contributed by atoms with Gasteiger partial charge in [0.25, 0.3) is 0 Å². The number of nitrogens with one attached hydrogen (secondary N) is 2. The third-order valence-electron chi connectivity index (χ3n) is 4.41. The van der Waals surface area contributed by atoms with Gasteiger partial charge in [-0.1, -0.05) is 60.7 Å². The molecule has 148 valence electrons. The van der Waals surface area contributed by atoms with Crippen LogP contribution in [-0.4, -0.2) is 26.0 Å². The van der Waals surface area contributed by atoms with Crippen LogP contribution in [0.3, 0.4) is 0 Å². The van der Waals surface area contributed by atoms with Crippen molar-refractivity contribution < 1.29 is 4.79 Å². The Hall–Kier alpha value is -4.13. The number of hydrogen-bond acceptors (Lipinski definition) is 5. The molecule has 0 saturated carbocycles. The van der Waals surface area contributed by atoms with Gasteiger partial charge in [-0.2, -0.15) is 0 Å². The lowest BCUT2D eigenvalue weighted by Crippen LogP contribution is -2.21. The highest BCUT2D eigenvalue weighted by atomic mass is 16.2. The van der Waals surface area contributed by atoms with Gasteiger partial charge >= 0.3 is 6.03 Å². The first kappa shape index (κ1) is 19.2. The predicted octanol–water partition coefficient (Wildman–Crippen LogP) is 4.86. The lowest BCUT2D eigenvalue weighted by Gasteiger charge is -2.14. The van der Waals surface area contributed by atoms with Crippen LogP contribution in [-0.2, 0) is 0 Å². The third-order valence-corrected chi connectivity index (χ3v) is 4.41. The number of carbonyl (C=O) groups excluding carboxylic acids is 1. The molecule has 0 aliphatic rings. The molecule has 0 bridgehead atoms. The number of aromatic nitrogens is 4. The summed E-state index contributed by atoms with van der Waals surface area (Å²) in [7, 11) is 0. The maximum Gasteiger partial charge on any atom is 0.323 e. The molecule has 0 fully saturated rings. The Kier molecular flexibility index (Phi) is 5.43. The van der Waals surface area contributed by atoms with Crippen LogP contribution in [0.5, 0.6) is 0 Å². The van der Waals surface area contributed by atoms with Gasteiger partial charge < -0.3 is 10.6 Å². The smallest absolute Gasteiger partial charge is 0.304 e. The third kappa shape index (κ3) is 4.30. The zero-order valence-electron chi connectivity index (χ0n) is 16.6. The highest BCUT2D eigenvalue weighted by Crippen LogP contribution is 2.27. The molecule has 0 unspecified atom stereocenters. The molecule has 7 heteroatoms. The minimum absolute atomic E-state index is 0.427. The van der Waals surface area contributed by atoms with Gasteiger partial charge in [0.15, 0.2) is 0 Å². The summed E-state index contributed by atoms with van der Waals surface area (Å²) < 4.78 is 0. The summed E-state index contributed by atoms with van der Waals surface area (Å²) in [6, 6.07) is 18.9. The maximum absolute atomic E-state index is 12.8. The van der Waals surface area contributed by atoms with Gasteiger partial charge in [-0.3, -0.25) is 0 Å². The zero-order chi connectivity index (χ0) is 20.9. The quantitative estimate of drug-likeness (QED) is 0.514. The molecule has 0 aliphatic carbocycles. The Labute approximate surface area is 174 Å². The lowest BCUT2D eigenvalue weighted by atomic mass is 10.1. The predicted molar refractivity (Wildman–Crippen MR) is 117 cm³/mol. The van der Waals surface area contributed by atoms with Gasteiger partial charge in [-0.25, -0.2) is 24.7 Å². The largest absolute Gasteiger partial charge is 0.323 e. The number of rotatable bonds is 4. The number of anilines is 2. The van der Waals surface area contributed by atoms with Crippen LogP contribution in [0.15, 0.2) is 73.1 Å². The average Bonchev–Trinajstić information content (AvgIpc) is 2.77. The molecule has 2 aromatic carbocycles. The second-order valence-electron chi connectivity index (χ2n) is 6.67. The monoisotopic (exact) mass is 396 g/mol. The summed E-state index contributed by atoms with van der Waals surface area (Å²) in [4.78, 5) is 30.2. The number of amides is 2. The van der Waals surface area contributed by atoms with Crippen LogP contribution >= 0.6 is 0 Å². The zero-order valence-corrected chi connectivity index (χ0v) is 16.6. The molecule has 0 spiro atoms. The molecule has 0 aliphatic heterocycles. The second-order valence-corrected chi connectivity index (χ2v) is 6.67. The topological polar surface area (TPSA) is 92.7 Å². The van der Waals surface area contributed by atoms with E-state index < -0.39 is 6.03 Å². The number of nitrogens with zero attached hydrogens (tertiary/aromatic N) is 4. The van der Waals surface area contributed by atoms with E-state index in [2.05, 4.69) is 30.6 Å². The molecule has 4 aromatic rings. The molecule has 2 heterocycles. The van der Waals surface area contributed by atoms with Crippen molar-refractivity contribution in [1.29, 1.82) is 0 Å². The van der Waals surface area contributed by atoms with Crippen molar-refractivity contribution in [2.75, 3.05) is 10.6 Å². The van der Waals surface area contributed by atoms with Crippen molar-refractivity contribution in [1.82, 2.24) is 19.9 Å². The average molecular weight is 396 g/mol. The van der Waals surface area contributed by atoms with E-state index in [1.54, 1.807) is 12.4 Å². The van der Waals surface area contributed by atoms with Crippen molar-refractivity contribution in [2.24, 2.45) is 0 Å². The number of hydrogen-bond donors (Lipinski definition) is 2. The number of carbonyl (C=O) groups is 1. The molecule has 0 radical (unpaired) electrons. The highest BCUT2D eigenvalue weighted by molar-refractivity contribution is 6.03. The van der Waals surface area contributed by atoms with Crippen molar-refractivity contribution in [3.8, 4) is 22.5 Å². The van der Waals surface area contributed by atoms with E-state index in [1.807, 2.05) is 74.5 Å². The van der Waals surface area contributed by atoms with Gasteiger partial charge in [-0.15, -0.1) is 0 Å². The van der Waals surface area contributed by atoms with Gasteiger partial charge in [0.1, 0.15) is 11.6 Å². The molecule has 2 amide bonds. The summed E-state index contributed by atoms with van der Waals surface area (Å²) in [5, 5.41) is 5.69. The molecule has 30 heavy (non-hydrogen) atoms. The second kappa shape index (κ2) is 8.48. The van der Waals surface area contributed by atoms with E-state index in [-0.39, 0.29) is 0 Å². The van der Waals surface area contributed by atoms with E-state index in [1.165, 1.54) is 0 Å². The first-order valence-corrected chi connectivity index (χ1v) is 9.46. The normalized spacial score (nSPS) is 10.5. The van der Waals surface area contributed by atoms with Crippen LogP contribution in [0.4, 0.5) is 16.2 Å². The summed E-state index contributed by atoms with van der Waals surface area (Å²) >= 11 is 0. The van der Waals surface area contributed by atoms with Gasteiger partial charge in [0, 0.05) is 11.1 Å². The maximum atomic E-state index is 12.8. The van der Waals surface area contributed by atoms with E-state index in [0.717, 1.165) is 11.1 Å². The standard InChI is InChI=1S/C23H20N6O/c1-15-24-13-19(21(26-15)17-9-5-3-6-10-17)28-23(30)29-20-14-25-16(2)27-22(20)18-11-7-4-8-12-18/h3-14H,1-2H3,(H2,28,29,30). The van der Waals surface area contributed by atoms with Gasteiger partial charge in [-0.05, 0) is 13.8 Å². The Morgan fingerprint density at radius 1 is 0.667 bits per heavy atom. The van der Waals surface area contributed by atoms with Crippen LogP contribution < -0.4 is 10.6 Å². The van der Waals surface area contributed by atoms with E-state index in [4.69, 9.17) is 0 Å². The molecular weight excluding hydrogens is 376 g/mol. The summed E-state index contributed by atoms with van der Waals surface area (Å²) in [6.45, 7) is 3.62. The first-order valence-electron chi connectivity index (χ1n) is 9.46. The minimum atomic E-state index is -0.427. The summed E-state index contributed by atoms with van der Waals surface area (Å²) in [6.07, 6.45) is 3.21. The van der Waals surface area contributed by atoms with Crippen LogP contribution in [0, 0.1) is 13.8 Å². The Morgan fingerprint density at radius 2 is 1.07 bits per heavy atom. The highest BCUT2D eigenvalue weighted by Gasteiger charge is 2.14. The molecular formula is C23H20N6O. The van der Waals surface area contributed by atoms with Crippen LogP contribution in [0.2, 0.25) is 0 Å². The molecule has 2 aromatic heterocycles. The van der Waals surface area contributed by atoms with E-state index >= 15 is 0 Å². The SMILES string of the molecule is Cc1ncc(NC(=O)Nc2cnc(C)nc2-c2ccccc2)c(-c2ccccc2)n1. The summed E-state index contributed by atoms with van der Waals surface area (Å²) in [5.41, 5.74) is 4.12. The Bertz CT molecular complexity index is 1090. The first-order chi connectivity index (χ1) is 14.6. The molecule has 0 atom stereocenters. The van der Waals surface area contributed by atoms with E-state index in [0.29, 0.717) is 34.4 Å². The molecule has 2 N–H and O–H groups in total. The number of benzene rings is 2. The Balaban J connectivity index is 1.62. The van der Waals surface area contributed by atoms with Crippen molar-refractivity contribution in [3.63, 3.8) is 0 Å². The number of aryl methyl sites for hydroxylation is 2. The van der Waals surface area contributed by atoms with Gasteiger partial charge in [0.05, 0.1) is 35.2 Å². The van der Waals surface area contributed by atoms with Crippen molar-refractivity contribution in [2.45, 2.75) is 13.8 Å². The van der Waals surface area contributed by atoms with Crippen LogP contribution in [0.25, 0.3) is 22.5 Å². The fourth-order valence-corrected chi connectivity index (χ4v) is 3.03. The minimum Gasteiger partial charge on any atom is -0.304 e. The van der Waals surface area contributed by atoms with Crippen molar-refractivity contribution >= 4 is 17.4 Å². The lowest BCUT2D eigenvalue weighted by molar-refractivity contribution is 0.262. The number of urea groups is 1. The van der Waals surface area contributed by atoms with Crippen LogP contribution in [0.1, 0.15) is 11.6 Å². The molecule has 4 rings (SSSR count). The van der Waals surface area contributed by atoms with E-state index in [9.17, 15) is 4.79 Å². The summed E-state index contributed by atoms with van der Waals surface area (Å²) in [5.74, 6) is 1.25. The fourth-order valence-electron chi connectivity index (χ4n) is 3.03. The fraction of sp³-hybridized carbons (Fsp3) is 0.0870. The van der Waals surface area contributed by atoms with Crippen molar-refractivity contribution in [3.05, 3.63) is 84.7 Å². The molecule has 0 saturated heterocycles. The van der Waals surface area contributed by atoms with Gasteiger partial charge in [0.2, 0.25) is 0 Å². The molecule has 7 nitrogen and oxygen atoms in total. The Morgan fingerprint density at radius 3 is 1.47 bits per heavy atom.